The summed E-state index contributed by atoms with van der Waals surface area (Å²) in [6, 6.07) is 4.25. The van der Waals surface area contributed by atoms with Crippen molar-refractivity contribution in [3.63, 3.8) is 0 Å². The summed E-state index contributed by atoms with van der Waals surface area (Å²) >= 11 is 1.27. The number of hydrogen-bond acceptors (Lipinski definition) is 5. The van der Waals surface area contributed by atoms with Gasteiger partial charge in [-0.25, -0.2) is 12.8 Å². The first-order chi connectivity index (χ1) is 12.7. The molecule has 2 amide bonds. The van der Waals surface area contributed by atoms with E-state index < -0.39 is 33.2 Å². The predicted molar refractivity (Wildman–Crippen MR) is 101 cm³/mol. The molecular weight excluding hydrogens is 391 g/mol. The van der Waals surface area contributed by atoms with Crippen molar-refractivity contribution in [1.82, 2.24) is 0 Å². The van der Waals surface area contributed by atoms with Gasteiger partial charge in [0, 0.05) is 4.88 Å². The molecule has 6 nitrogen and oxygen atoms in total. The second-order valence-electron chi connectivity index (χ2n) is 6.68. The number of carbonyl (C=O) groups is 2. The Morgan fingerprint density at radius 1 is 1.30 bits per heavy atom. The van der Waals surface area contributed by atoms with Crippen molar-refractivity contribution in [3.8, 4) is 0 Å². The maximum atomic E-state index is 13.0. The van der Waals surface area contributed by atoms with Crippen LogP contribution in [-0.4, -0.2) is 26.0 Å². The van der Waals surface area contributed by atoms with E-state index in [0.717, 1.165) is 47.5 Å². The van der Waals surface area contributed by atoms with Gasteiger partial charge in [-0.2, -0.15) is 0 Å². The zero-order valence-corrected chi connectivity index (χ0v) is 16.3. The Morgan fingerprint density at radius 2 is 1.96 bits per heavy atom. The van der Waals surface area contributed by atoms with Gasteiger partial charge in [0.05, 0.1) is 10.5 Å². The van der Waals surface area contributed by atoms with Gasteiger partial charge in [0.25, 0.3) is 5.91 Å². The van der Waals surface area contributed by atoms with Gasteiger partial charge in [-0.3, -0.25) is 9.59 Å². The number of nitrogens with two attached hydrogens (primary N) is 1. The molecule has 0 fully saturated rings. The Bertz CT molecular complexity index is 997. The van der Waals surface area contributed by atoms with Crippen LogP contribution >= 0.6 is 11.3 Å². The monoisotopic (exact) mass is 410 g/mol. The van der Waals surface area contributed by atoms with Crippen LogP contribution in [0.5, 0.6) is 0 Å². The van der Waals surface area contributed by atoms with Crippen LogP contribution in [0.1, 0.15) is 34.1 Å². The van der Waals surface area contributed by atoms with Crippen molar-refractivity contribution in [2.45, 2.75) is 31.1 Å². The van der Waals surface area contributed by atoms with Crippen molar-refractivity contribution < 1.29 is 22.4 Å². The molecular formula is C18H19FN2O4S2. The van der Waals surface area contributed by atoms with Crippen LogP contribution in [0.2, 0.25) is 0 Å². The second-order valence-corrected chi connectivity index (χ2v) is 9.78. The summed E-state index contributed by atoms with van der Waals surface area (Å²) < 4.78 is 37.6. The maximum absolute atomic E-state index is 13.0. The highest BCUT2D eigenvalue weighted by molar-refractivity contribution is 7.92. The molecule has 0 saturated carbocycles. The average Bonchev–Trinajstić information content (AvgIpc) is 2.91. The number of primary amides is 1. The number of sulfone groups is 1. The Hall–Kier alpha value is -2.26. The van der Waals surface area contributed by atoms with E-state index in [-0.39, 0.29) is 10.5 Å². The van der Waals surface area contributed by atoms with Gasteiger partial charge in [-0.1, -0.05) is 6.92 Å². The Balaban J connectivity index is 1.82. The average molecular weight is 410 g/mol. The molecule has 0 saturated heterocycles. The molecule has 27 heavy (non-hydrogen) atoms. The second kappa shape index (κ2) is 7.40. The molecule has 0 aliphatic heterocycles. The fourth-order valence-electron chi connectivity index (χ4n) is 3.16. The number of anilines is 1. The van der Waals surface area contributed by atoms with E-state index in [0.29, 0.717) is 17.3 Å². The van der Waals surface area contributed by atoms with Crippen molar-refractivity contribution in [2.24, 2.45) is 11.7 Å². The molecule has 1 atom stereocenters. The highest BCUT2D eigenvalue weighted by Gasteiger charge is 2.28. The lowest BCUT2D eigenvalue weighted by Gasteiger charge is -2.18. The lowest BCUT2D eigenvalue weighted by atomic mass is 9.88. The molecule has 3 N–H and O–H groups in total. The summed E-state index contributed by atoms with van der Waals surface area (Å²) in [6.07, 6.45) is 2.43. The van der Waals surface area contributed by atoms with Gasteiger partial charge in [-0.15, -0.1) is 11.3 Å². The van der Waals surface area contributed by atoms with E-state index in [1.54, 1.807) is 0 Å². The van der Waals surface area contributed by atoms with Crippen molar-refractivity contribution in [3.05, 3.63) is 46.1 Å². The maximum Gasteiger partial charge on any atom is 0.251 e. The summed E-state index contributed by atoms with van der Waals surface area (Å²) in [4.78, 5) is 25.0. The molecule has 1 aliphatic carbocycles. The van der Waals surface area contributed by atoms with Crippen molar-refractivity contribution in [2.75, 3.05) is 11.1 Å². The molecule has 9 heteroatoms. The van der Waals surface area contributed by atoms with Gasteiger partial charge in [0.2, 0.25) is 5.91 Å². The molecule has 1 aromatic carbocycles. The first-order valence-corrected chi connectivity index (χ1v) is 10.9. The van der Waals surface area contributed by atoms with Crippen LogP contribution in [0.3, 0.4) is 0 Å². The number of fused-ring (bicyclic) bond motifs is 1. The third kappa shape index (κ3) is 4.19. The van der Waals surface area contributed by atoms with E-state index >= 15 is 0 Å². The number of thiophene rings is 1. The molecule has 1 aliphatic rings. The number of halogens is 1. The van der Waals surface area contributed by atoms with Gasteiger partial charge < -0.3 is 11.1 Å². The Morgan fingerprint density at radius 3 is 2.59 bits per heavy atom. The van der Waals surface area contributed by atoms with Crippen molar-refractivity contribution >= 4 is 38.0 Å². The van der Waals surface area contributed by atoms with E-state index in [9.17, 15) is 22.4 Å². The zero-order chi connectivity index (χ0) is 19.8. The standard InChI is InChI=1S/C18H19FN2O4S2/c1-10-2-7-13-14(8-10)26-18(16(13)17(20)23)21-15(22)9-27(24,25)12-5-3-11(19)4-6-12/h3-6,10H,2,7-9H2,1H3,(H2,20,23)(H,21,22)/t10-/m1/s1. The first kappa shape index (κ1) is 19.5. The molecule has 3 rings (SSSR count). The fraction of sp³-hybridized carbons (Fsp3) is 0.333. The molecule has 0 unspecified atom stereocenters. The normalized spacial score (nSPS) is 16.6. The van der Waals surface area contributed by atoms with E-state index in [1.165, 1.54) is 11.3 Å². The van der Waals surface area contributed by atoms with Gasteiger partial charge in [0.1, 0.15) is 16.6 Å². The lowest BCUT2D eigenvalue weighted by Crippen LogP contribution is -2.24. The third-order valence-electron chi connectivity index (χ3n) is 4.50. The van der Waals surface area contributed by atoms with Gasteiger partial charge in [0.15, 0.2) is 9.84 Å². The minimum atomic E-state index is -3.93. The molecule has 1 aromatic heterocycles. The van der Waals surface area contributed by atoms with E-state index in [1.807, 2.05) is 0 Å². The number of benzene rings is 1. The first-order valence-electron chi connectivity index (χ1n) is 8.40. The molecule has 2 aromatic rings. The van der Waals surface area contributed by atoms with Gasteiger partial charge in [-0.05, 0) is 55.0 Å². The van der Waals surface area contributed by atoms with E-state index in [2.05, 4.69) is 12.2 Å². The Kier molecular flexibility index (Phi) is 5.34. The molecule has 144 valence electrons. The fourth-order valence-corrected chi connectivity index (χ4v) is 5.73. The zero-order valence-electron chi connectivity index (χ0n) is 14.6. The molecule has 0 bridgehead atoms. The number of nitrogens with one attached hydrogen (secondary N) is 1. The van der Waals surface area contributed by atoms with Crippen LogP contribution in [0, 0.1) is 11.7 Å². The molecule has 0 spiro atoms. The van der Waals surface area contributed by atoms with Crippen molar-refractivity contribution in [1.29, 1.82) is 0 Å². The highest BCUT2D eigenvalue weighted by atomic mass is 32.2. The van der Waals surface area contributed by atoms with E-state index in [4.69, 9.17) is 5.73 Å². The minimum Gasteiger partial charge on any atom is -0.365 e. The summed E-state index contributed by atoms with van der Waals surface area (Å²) in [5.74, 6) is -2.31. The van der Waals surface area contributed by atoms with Gasteiger partial charge >= 0.3 is 0 Å². The number of hydrogen-bond donors (Lipinski definition) is 2. The number of amides is 2. The predicted octanol–water partition coefficient (Wildman–Crippen LogP) is 2.52. The van der Waals surface area contributed by atoms with Crippen LogP contribution in [0.15, 0.2) is 29.2 Å². The SMILES string of the molecule is C[C@@H]1CCc2c(sc(NC(=O)CS(=O)(=O)c3ccc(F)cc3)c2C(N)=O)C1. The quantitative estimate of drug-likeness (QED) is 0.739. The summed E-state index contributed by atoms with van der Waals surface area (Å²) in [6.45, 7) is 2.11. The summed E-state index contributed by atoms with van der Waals surface area (Å²) in [5, 5.41) is 2.82. The minimum absolute atomic E-state index is 0.145. The smallest absolute Gasteiger partial charge is 0.251 e. The summed E-state index contributed by atoms with van der Waals surface area (Å²) in [5.41, 5.74) is 6.61. The highest BCUT2D eigenvalue weighted by Crippen LogP contribution is 2.39. The molecule has 1 heterocycles. The van der Waals surface area contributed by atoms with Crippen LogP contribution < -0.4 is 11.1 Å². The third-order valence-corrected chi connectivity index (χ3v) is 7.31. The van der Waals surface area contributed by atoms with Crippen LogP contribution in [-0.2, 0) is 27.5 Å². The Labute approximate surface area is 160 Å². The van der Waals surface area contributed by atoms with Crippen LogP contribution in [0.25, 0.3) is 0 Å². The number of rotatable bonds is 5. The molecule has 0 radical (unpaired) electrons. The summed E-state index contributed by atoms with van der Waals surface area (Å²) in [7, 11) is -3.93. The topological polar surface area (TPSA) is 106 Å². The largest absolute Gasteiger partial charge is 0.365 e. The van der Waals surface area contributed by atoms with Crippen LogP contribution in [0.4, 0.5) is 9.39 Å². The number of carbonyl (C=O) groups excluding carboxylic acids is 2. The lowest BCUT2D eigenvalue weighted by molar-refractivity contribution is -0.113.